The van der Waals surface area contributed by atoms with Gasteiger partial charge in [-0.25, -0.2) is 4.99 Å². The van der Waals surface area contributed by atoms with Gasteiger partial charge in [0, 0.05) is 17.0 Å². The highest BCUT2D eigenvalue weighted by atomic mass is 32.2. The minimum atomic E-state index is -0.589. The summed E-state index contributed by atoms with van der Waals surface area (Å²) < 4.78 is 16.3. The Kier molecular flexibility index (Phi) is 7.71. The van der Waals surface area contributed by atoms with Crippen molar-refractivity contribution < 1.29 is 19.0 Å². The van der Waals surface area contributed by atoms with Crippen LogP contribution in [0.3, 0.4) is 0 Å². The fourth-order valence-electron chi connectivity index (χ4n) is 2.80. The van der Waals surface area contributed by atoms with Crippen molar-refractivity contribution in [1.29, 1.82) is 0 Å². The quantitative estimate of drug-likeness (QED) is 0.411. The van der Waals surface area contributed by atoms with Crippen LogP contribution < -0.4 is 14.8 Å². The van der Waals surface area contributed by atoms with Crippen LogP contribution in [-0.4, -0.2) is 49.1 Å². The van der Waals surface area contributed by atoms with Crippen LogP contribution in [0, 0.1) is 5.92 Å². The molecule has 0 fully saturated rings. The number of thiocarbonyl (C=S) groups is 1. The number of thioether (sulfide) groups is 1. The van der Waals surface area contributed by atoms with Gasteiger partial charge in [-0.15, -0.1) is 0 Å². The van der Waals surface area contributed by atoms with Crippen molar-refractivity contribution in [3.8, 4) is 11.5 Å². The van der Waals surface area contributed by atoms with Gasteiger partial charge in [0.05, 0.1) is 20.3 Å². The van der Waals surface area contributed by atoms with Gasteiger partial charge in [0.25, 0.3) is 0 Å². The molecule has 6 nitrogen and oxygen atoms in total. The highest BCUT2D eigenvalue weighted by Crippen LogP contribution is 2.36. The summed E-state index contributed by atoms with van der Waals surface area (Å²) in [6.07, 6.45) is 0. The molecule has 1 aliphatic rings. The molecule has 0 spiro atoms. The average molecular weight is 397 g/mol. The van der Waals surface area contributed by atoms with Gasteiger partial charge in [0.15, 0.2) is 5.11 Å². The Labute approximate surface area is 163 Å². The van der Waals surface area contributed by atoms with Crippen LogP contribution >= 0.6 is 24.0 Å². The van der Waals surface area contributed by atoms with Crippen molar-refractivity contribution in [2.75, 3.05) is 32.3 Å². The van der Waals surface area contributed by atoms with Gasteiger partial charge in [0.2, 0.25) is 0 Å². The maximum atomic E-state index is 12.7. The molecule has 2 rings (SSSR count). The van der Waals surface area contributed by atoms with Crippen LogP contribution in [0.15, 0.2) is 23.2 Å². The number of rotatable bonds is 8. The molecule has 142 valence electrons. The molecule has 8 heteroatoms. The van der Waals surface area contributed by atoms with Crippen LogP contribution in [0.4, 0.5) is 0 Å². The standard InChI is InChI=1S/C18H24N2O4S2/c1-5-26-9-8-24-17(21)15-11(2)19-18(25)20-16(15)13-10-12(22-3)6-7-14(13)23-4/h6-7,10,15-16H,5,8-9H2,1-4H3,(H,20,25). The van der Waals surface area contributed by atoms with Crippen molar-refractivity contribution >= 4 is 40.8 Å². The number of aliphatic imine (C=N–C) groups is 1. The molecule has 0 saturated carbocycles. The van der Waals surface area contributed by atoms with Gasteiger partial charge >= 0.3 is 5.97 Å². The van der Waals surface area contributed by atoms with Gasteiger partial charge in [0.1, 0.15) is 24.0 Å². The second-order valence-electron chi connectivity index (χ2n) is 5.63. The predicted octanol–water partition coefficient (Wildman–Crippen LogP) is 3.01. The lowest BCUT2D eigenvalue weighted by Crippen LogP contribution is -2.44. The third-order valence-corrected chi connectivity index (χ3v) is 5.12. The second-order valence-corrected chi connectivity index (χ2v) is 7.41. The number of benzene rings is 1. The number of nitrogens with zero attached hydrogens (tertiary/aromatic N) is 1. The molecule has 1 heterocycles. The molecule has 0 aliphatic carbocycles. The first-order valence-electron chi connectivity index (χ1n) is 8.33. The number of hydrogen-bond acceptors (Lipinski definition) is 6. The Morgan fingerprint density at radius 1 is 1.35 bits per heavy atom. The Morgan fingerprint density at radius 3 is 2.77 bits per heavy atom. The fourth-order valence-corrected chi connectivity index (χ4v) is 3.56. The van der Waals surface area contributed by atoms with Crippen molar-refractivity contribution in [3.63, 3.8) is 0 Å². The summed E-state index contributed by atoms with van der Waals surface area (Å²) in [6.45, 7) is 4.23. The predicted molar refractivity (Wildman–Crippen MR) is 109 cm³/mol. The van der Waals surface area contributed by atoms with E-state index >= 15 is 0 Å². The zero-order valence-electron chi connectivity index (χ0n) is 15.4. The lowest BCUT2D eigenvalue weighted by atomic mass is 9.87. The van der Waals surface area contributed by atoms with Gasteiger partial charge in [-0.1, -0.05) is 6.92 Å². The minimum absolute atomic E-state index is 0.326. The Hall–Kier alpha value is -1.80. The molecule has 26 heavy (non-hydrogen) atoms. The molecule has 1 N–H and O–H groups in total. The van der Waals surface area contributed by atoms with Crippen LogP contribution in [0.2, 0.25) is 0 Å². The number of methoxy groups -OCH3 is 2. The van der Waals surface area contributed by atoms with Crippen LogP contribution in [0.5, 0.6) is 11.5 Å². The SMILES string of the molecule is CCSCCOC(=O)C1C(C)=NC(=S)NC1c1cc(OC)ccc1OC. The lowest BCUT2D eigenvalue weighted by molar-refractivity contribution is -0.146. The maximum Gasteiger partial charge on any atom is 0.317 e. The smallest absolute Gasteiger partial charge is 0.317 e. The number of nitrogens with one attached hydrogen (secondary N) is 1. The topological polar surface area (TPSA) is 69.2 Å². The molecule has 0 aromatic heterocycles. The summed E-state index contributed by atoms with van der Waals surface area (Å²) in [6, 6.07) is 5.02. The molecule has 0 bridgehead atoms. The average Bonchev–Trinajstić information content (AvgIpc) is 2.63. The van der Waals surface area contributed by atoms with Crippen LogP contribution in [0.25, 0.3) is 0 Å². The van der Waals surface area contributed by atoms with Gasteiger partial charge in [-0.3, -0.25) is 4.79 Å². The van der Waals surface area contributed by atoms with Gasteiger partial charge in [-0.05, 0) is 43.1 Å². The van der Waals surface area contributed by atoms with Crippen molar-refractivity contribution in [2.24, 2.45) is 10.9 Å². The molecule has 2 atom stereocenters. The van der Waals surface area contributed by atoms with Gasteiger partial charge < -0.3 is 19.5 Å². The fraction of sp³-hybridized carbons (Fsp3) is 0.500. The molecule has 0 saturated heterocycles. The van der Waals surface area contributed by atoms with E-state index in [1.165, 1.54) is 0 Å². The normalized spacial score (nSPS) is 19.4. The number of ether oxygens (including phenoxy) is 3. The molecule has 0 amide bonds. The summed E-state index contributed by atoms with van der Waals surface area (Å²) in [7, 11) is 3.18. The van der Waals surface area contributed by atoms with E-state index in [9.17, 15) is 4.79 Å². The molecule has 1 aromatic rings. The molecule has 1 aromatic carbocycles. The summed E-state index contributed by atoms with van der Waals surface area (Å²) in [4.78, 5) is 17.0. The molecule has 0 radical (unpaired) electrons. The maximum absolute atomic E-state index is 12.7. The van der Waals surface area contributed by atoms with E-state index in [-0.39, 0.29) is 5.97 Å². The monoisotopic (exact) mass is 396 g/mol. The van der Waals surface area contributed by atoms with Crippen molar-refractivity contribution in [1.82, 2.24) is 5.32 Å². The Morgan fingerprint density at radius 2 is 2.12 bits per heavy atom. The van der Waals surface area contributed by atoms with Crippen molar-refractivity contribution in [3.05, 3.63) is 23.8 Å². The molecule has 2 unspecified atom stereocenters. The summed E-state index contributed by atoms with van der Waals surface area (Å²) in [5, 5.41) is 3.46. The molecular weight excluding hydrogens is 372 g/mol. The minimum Gasteiger partial charge on any atom is -0.497 e. The van der Waals surface area contributed by atoms with Crippen LogP contribution in [-0.2, 0) is 9.53 Å². The number of carbonyl (C=O) groups is 1. The summed E-state index contributed by atoms with van der Waals surface area (Å²) >= 11 is 6.96. The lowest BCUT2D eigenvalue weighted by Gasteiger charge is -2.32. The van der Waals surface area contributed by atoms with E-state index in [0.29, 0.717) is 28.9 Å². The van der Waals surface area contributed by atoms with Crippen LogP contribution in [0.1, 0.15) is 25.5 Å². The largest absolute Gasteiger partial charge is 0.497 e. The number of esters is 1. The molecular formula is C18H24N2O4S2. The Bertz CT molecular complexity index is 694. The Balaban J connectivity index is 2.33. The first kappa shape index (κ1) is 20.5. The van der Waals surface area contributed by atoms with E-state index in [2.05, 4.69) is 17.2 Å². The zero-order valence-corrected chi connectivity index (χ0v) is 17.0. The summed E-state index contributed by atoms with van der Waals surface area (Å²) in [5.41, 5.74) is 1.39. The van der Waals surface area contributed by atoms with E-state index in [1.807, 2.05) is 6.07 Å². The van der Waals surface area contributed by atoms with E-state index in [0.717, 1.165) is 17.1 Å². The van der Waals surface area contributed by atoms with E-state index < -0.39 is 12.0 Å². The number of carbonyl (C=O) groups excluding carboxylic acids is 1. The first-order chi connectivity index (χ1) is 12.5. The van der Waals surface area contributed by atoms with Gasteiger partial charge in [-0.2, -0.15) is 11.8 Å². The molecule has 1 aliphatic heterocycles. The third kappa shape index (κ3) is 4.88. The van der Waals surface area contributed by atoms with E-state index in [1.54, 1.807) is 45.0 Å². The third-order valence-electron chi connectivity index (χ3n) is 4.04. The first-order valence-corrected chi connectivity index (χ1v) is 9.90. The second kappa shape index (κ2) is 9.78. The zero-order chi connectivity index (χ0) is 19.1. The summed E-state index contributed by atoms with van der Waals surface area (Å²) in [5.74, 6) is 2.15. The number of hydrogen-bond donors (Lipinski definition) is 1. The highest BCUT2D eigenvalue weighted by Gasteiger charge is 2.38. The van der Waals surface area contributed by atoms with Crippen molar-refractivity contribution in [2.45, 2.75) is 19.9 Å². The highest BCUT2D eigenvalue weighted by molar-refractivity contribution is 7.99. The van der Waals surface area contributed by atoms with E-state index in [4.69, 9.17) is 26.4 Å².